The third kappa shape index (κ3) is 3.27. The molecule has 0 radical (unpaired) electrons. The van der Waals surface area contributed by atoms with E-state index >= 15 is 0 Å². The summed E-state index contributed by atoms with van der Waals surface area (Å²) < 4.78 is 0. The Kier molecular flexibility index (Phi) is 3.88. The Bertz CT molecular complexity index is 402. The van der Waals surface area contributed by atoms with Gasteiger partial charge in [-0.15, -0.1) is 0 Å². The molecule has 1 rings (SSSR count). The Morgan fingerprint density at radius 3 is 2.62 bits per heavy atom. The molecular formula is C11H14N2O3. The molecule has 0 aliphatic rings. The van der Waals surface area contributed by atoms with Gasteiger partial charge in [-0.05, 0) is 18.2 Å². The summed E-state index contributed by atoms with van der Waals surface area (Å²) in [6.07, 6.45) is 0. The highest BCUT2D eigenvalue weighted by Crippen LogP contribution is 2.12. The minimum atomic E-state index is -1.06. The van der Waals surface area contributed by atoms with E-state index in [1.165, 1.54) is 0 Å². The van der Waals surface area contributed by atoms with Crippen molar-refractivity contribution in [1.29, 1.82) is 0 Å². The molecule has 1 aromatic rings. The highest BCUT2D eigenvalue weighted by molar-refractivity contribution is 5.96. The van der Waals surface area contributed by atoms with Crippen LogP contribution < -0.4 is 10.2 Å². The molecule has 0 atom stereocenters. The predicted octanol–water partition coefficient (Wildman–Crippen LogP) is 0.567. The molecule has 0 aliphatic heterocycles. The average Bonchev–Trinajstić information content (AvgIpc) is 2.26. The molecule has 0 spiro atoms. The van der Waals surface area contributed by atoms with Crippen LogP contribution in [-0.4, -0.2) is 37.6 Å². The number of nitrogens with zero attached hydrogens (tertiary/aromatic N) is 1. The second kappa shape index (κ2) is 5.16. The van der Waals surface area contributed by atoms with Crippen molar-refractivity contribution >= 4 is 17.6 Å². The predicted molar refractivity (Wildman–Crippen MR) is 60.7 cm³/mol. The summed E-state index contributed by atoms with van der Waals surface area (Å²) in [5.74, 6) is -1.44. The minimum Gasteiger partial charge on any atom is -0.480 e. The number of benzene rings is 1. The second-order valence-electron chi connectivity index (χ2n) is 3.52. The van der Waals surface area contributed by atoms with Crippen LogP contribution >= 0.6 is 0 Å². The van der Waals surface area contributed by atoms with E-state index in [2.05, 4.69) is 5.32 Å². The number of anilines is 1. The van der Waals surface area contributed by atoms with Gasteiger partial charge in [0.2, 0.25) is 0 Å². The van der Waals surface area contributed by atoms with Crippen LogP contribution in [-0.2, 0) is 4.79 Å². The van der Waals surface area contributed by atoms with Crippen molar-refractivity contribution in [3.05, 3.63) is 29.8 Å². The Balaban J connectivity index is 2.75. The Hall–Kier alpha value is -2.04. The molecule has 1 aromatic carbocycles. The van der Waals surface area contributed by atoms with Gasteiger partial charge in [0.25, 0.3) is 5.91 Å². The van der Waals surface area contributed by atoms with Gasteiger partial charge in [-0.1, -0.05) is 6.07 Å². The number of hydrogen-bond acceptors (Lipinski definition) is 3. The summed E-state index contributed by atoms with van der Waals surface area (Å²) >= 11 is 0. The van der Waals surface area contributed by atoms with Gasteiger partial charge in [-0.25, -0.2) is 0 Å². The fourth-order valence-electron chi connectivity index (χ4n) is 1.18. The average molecular weight is 222 g/mol. The monoisotopic (exact) mass is 222 g/mol. The zero-order valence-electron chi connectivity index (χ0n) is 9.23. The minimum absolute atomic E-state index is 0.370. The van der Waals surface area contributed by atoms with E-state index in [0.717, 1.165) is 5.69 Å². The molecule has 0 saturated heterocycles. The van der Waals surface area contributed by atoms with Gasteiger partial charge in [0.15, 0.2) is 0 Å². The molecular weight excluding hydrogens is 208 g/mol. The number of hydrogen-bond donors (Lipinski definition) is 2. The smallest absolute Gasteiger partial charge is 0.322 e. The topological polar surface area (TPSA) is 69.6 Å². The highest BCUT2D eigenvalue weighted by atomic mass is 16.4. The van der Waals surface area contributed by atoms with Gasteiger partial charge in [-0.3, -0.25) is 9.59 Å². The third-order valence-corrected chi connectivity index (χ3v) is 2.02. The maximum Gasteiger partial charge on any atom is 0.322 e. The number of carbonyl (C=O) groups is 2. The zero-order valence-corrected chi connectivity index (χ0v) is 9.23. The van der Waals surface area contributed by atoms with E-state index in [-0.39, 0.29) is 12.5 Å². The summed E-state index contributed by atoms with van der Waals surface area (Å²) in [6, 6.07) is 6.97. The first-order valence-electron chi connectivity index (χ1n) is 4.78. The van der Waals surface area contributed by atoms with Gasteiger partial charge >= 0.3 is 5.97 Å². The van der Waals surface area contributed by atoms with Crippen LogP contribution in [0.4, 0.5) is 5.69 Å². The maximum atomic E-state index is 11.5. The SMILES string of the molecule is CN(C)c1cccc(C(=O)NCC(=O)O)c1. The van der Waals surface area contributed by atoms with E-state index < -0.39 is 5.97 Å². The van der Waals surface area contributed by atoms with Crippen LogP contribution in [0, 0.1) is 0 Å². The lowest BCUT2D eigenvalue weighted by Crippen LogP contribution is -2.29. The van der Waals surface area contributed by atoms with E-state index in [1.54, 1.807) is 18.2 Å². The van der Waals surface area contributed by atoms with Crippen LogP contribution in [0.3, 0.4) is 0 Å². The van der Waals surface area contributed by atoms with Crippen molar-refractivity contribution in [3.63, 3.8) is 0 Å². The highest BCUT2D eigenvalue weighted by Gasteiger charge is 2.07. The lowest BCUT2D eigenvalue weighted by atomic mass is 10.2. The molecule has 16 heavy (non-hydrogen) atoms. The number of carbonyl (C=O) groups excluding carboxylic acids is 1. The number of rotatable bonds is 4. The molecule has 86 valence electrons. The summed E-state index contributed by atoms with van der Waals surface area (Å²) in [7, 11) is 3.74. The van der Waals surface area contributed by atoms with E-state index in [4.69, 9.17) is 5.11 Å². The van der Waals surface area contributed by atoms with Crippen LogP contribution in [0.5, 0.6) is 0 Å². The largest absolute Gasteiger partial charge is 0.480 e. The Morgan fingerprint density at radius 2 is 2.06 bits per heavy atom. The first-order valence-corrected chi connectivity index (χ1v) is 4.78. The maximum absolute atomic E-state index is 11.5. The standard InChI is InChI=1S/C11H14N2O3/c1-13(2)9-5-3-4-8(6-9)11(16)12-7-10(14)15/h3-6H,7H2,1-2H3,(H,12,16)(H,14,15). The number of carboxylic acid groups (broad SMARTS) is 1. The molecule has 0 saturated carbocycles. The Labute approximate surface area is 93.7 Å². The van der Waals surface area contributed by atoms with E-state index in [1.807, 2.05) is 25.1 Å². The van der Waals surface area contributed by atoms with Crippen LogP contribution in [0.25, 0.3) is 0 Å². The van der Waals surface area contributed by atoms with Crippen molar-refractivity contribution < 1.29 is 14.7 Å². The summed E-state index contributed by atoms with van der Waals surface area (Å²) in [5.41, 5.74) is 1.34. The first kappa shape index (κ1) is 12.0. The molecule has 0 bridgehead atoms. The summed E-state index contributed by atoms with van der Waals surface area (Å²) in [5, 5.41) is 10.7. The molecule has 0 fully saturated rings. The zero-order chi connectivity index (χ0) is 12.1. The van der Waals surface area contributed by atoms with Gasteiger partial charge < -0.3 is 15.3 Å². The molecule has 0 aromatic heterocycles. The lowest BCUT2D eigenvalue weighted by Gasteiger charge is -2.13. The fraction of sp³-hybridized carbons (Fsp3) is 0.273. The lowest BCUT2D eigenvalue weighted by molar-refractivity contribution is -0.135. The molecule has 0 heterocycles. The van der Waals surface area contributed by atoms with Gasteiger partial charge in [0.05, 0.1) is 0 Å². The van der Waals surface area contributed by atoms with Gasteiger partial charge in [0.1, 0.15) is 6.54 Å². The van der Waals surface area contributed by atoms with Crippen LogP contribution in [0.2, 0.25) is 0 Å². The van der Waals surface area contributed by atoms with Crippen molar-refractivity contribution in [2.24, 2.45) is 0 Å². The number of aliphatic carboxylic acids is 1. The molecule has 2 N–H and O–H groups in total. The molecule has 1 amide bonds. The van der Waals surface area contributed by atoms with Crippen molar-refractivity contribution in [2.45, 2.75) is 0 Å². The second-order valence-corrected chi connectivity index (χ2v) is 3.52. The van der Waals surface area contributed by atoms with E-state index in [0.29, 0.717) is 5.56 Å². The summed E-state index contributed by atoms with van der Waals surface area (Å²) in [4.78, 5) is 23.7. The molecule has 0 unspecified atom stereocenters. The van der Waals surface area contributed by atoms with Gasteiger partial charge in [0, 0.05) is 25.3 Å². The molecule has 0 aliphatic carbocycles. The number of nitrogens with one attached hydrogen (secondary N) is 1. The normalized spacial score (nSPS) is 9.62. The van der Waals surface area contributed by atoms with Crippen molar-refractivity contribution in [2.75, 3.05) is 25.5 Å². The summed E-state index contributed by atoms with van der Waals surface area (Å²) in [6.45, 7) is -0.370. The molecule has 5 nitrogen and oxygen atoms in total. The Morgan fingerprint density at radius 1 is 1.38 bits per heavy atom. The van der Waals surface area contributed by atoms with Gasteiger partial charge in [-0.2, -0.15) is 0 Å². The first-order chi connectivity index (χ1) is 7.50. The van der Waals surface area contributed by atoms with Crippen molar-refractivity contribution in [3.8, 4) is 0 Å². The van der Waals surface area contributed by atoms with Crippen LogP contribution in [0.15, 0.2) is 24.3 Å². The van der Waals surface area contributed by atoms with Crippen molar-refractivity contribution in [1.82, 2.24) is 5.32 Å². The molecule has 5 heteroatoms. The number of carboxylic acids is 1. The van der Waals surface area contributed by atoms with E-state index in [9.17, 15) is 9.59 Å². The van der Waals surface area contributed by atoms with Crippen LogP contribution in [0.1, 0.15) is 10.4 Å². The quantitative estimate of drug-likeness (QED) is 0.781. The third-order valence-electron chi connectivity index (χ3n) is 2.02. The fourth-order valence-corrected chi connectivity index (χ4v) is 1.18. The number of amides is 1.